The van der Waals surface area contributed by atoms with E-state index in [1.165, 1.54) is 6.26 Å². The lowest BCUT2D eigenvalue weighted by molar-refractivity contribution is 0.601. The predicted molar refractivity (Wildman–Crippen MR) is 55.1 cm³/mol. The van der Waals surface area contributed by atoms with Crippen molar-refractivity contribution in [1.82, 2.24) is 0 Å². The van der Waals surface area contributed by atoms with Crippen molar-refractivity contribution in [2.75, 3.05) is 6.26 Å². The van der Waals surface area contributed by atoms with Crippen molar-refractivity contribution in [3.8, 4) is 0 Å². The number of rotatable bonds is 3. The summed E-state index contributed by atoms with van der Waals surface area (Å²) in [7, 11) is -2.94. The van der Waals surface area contributed by atoms with Crippen molar-refractivity contribution < 1.29 is 8.42 Å². The summed E-state index contributed by atoms with van der Waals surface area (Å²) in [5.74, 6) is 0.0919. The van der Waals surface area contributed by atoms with E-state index in [-0.39, 0.29) is 5.75 Å². The fourth-order valence-corrected chi connectivity index (χ4v) is 1.90. The van der Waals surface area contributed by atoms with E-state index < -0.39 is 9.84 Å². The summed E-state index contributed by atoms with van der Waals surface area (Å²) < 4.78 is 21.9. The lowest BCUT2D eigenvalue weighted by atomic mass is 10.1. The first-order valence-corrected chi connectivity index (χ1v) is 5.96. The van der Waals surface area contributed by atoms with Gasteiger partial charge in [-0.15, -0.1) is 0 Å². The van der Waals surface area contributed by atoms with Crippen LogP contribution in [0.5, 0.6) is 0 Å². The summed E-state index contributed by atoms with van der Waals surface area (Å²) in [5, 5.41) is 0. The molecule has 2 nitrogen and oxygen atoms in total. The van der Waals surface area contributed by atoms with Gasteiger partial charge in [0.15, 0.2) is 9.84 Å². The Bertz CT molecular complexity index is 405. The third-order valence-corrected chi connectivity index (χ3v) is 2.47. The van der Waals surface area contributed by atoms with Crippen LogP contribution in [0.3, 0.4) is 0 Å². The van der Waals surface area contributed by atoms with Crippen LogP contribution in [0.25, 0.3) is 6.08 Å². The second-order valence-electron chi connectivity index (χ2n) is 3.02. The highest BCUT2D eigenvalue weighted by atomic mass is 32.2. The van der Waals surface area contributed by atoms with Crippen LogP contribution in [0, 0.1) is 0 Å². The van der Waals surface area contributed by atoms with E-state index in [1.54, 1.807) is 12.1 Å². The zero-order valence-corrected chi connectivity index (χ0v) is 8.34. The van der Waals surface area contributed by atoms with Crippen LogP contribution in [-0.4, -0.2) is 14.7 Å². The topological polar surface area (TPSA) is 34.1 Å². The Morgan fingerprint density at radius 2 is 2.15 bits per heavy atom. The first-order chi connectivity index (χ1) is 6.01. The minimum absolute atomic E-state index is 0.0919. The van der Waals surface area contributed by atoms with Gasteiger partial charge in [0.25, 0.3) is 0 Å². The van der Waals surface area contributed by atoms with Gasteiger partial charge in [-0.2, -0.15) is 0 Å². The average molecular weight is 196 g/mol. The van der Waals surface area contributed by atoms with Gasteiger partial charge in [-0.25, -0.2) is 8.42 Å². The molecule has 0 aromatic heterocycles. The van der Waals surface area contributed by atoms with Gasteiger partial charge in [0.05, 0.1) is 5.75 Å². The molecule has 0 aliphatic heterocycles. The molecule has 1 rings (SSSR count). The van der Waals surface area contributed by atoms with E-state index in [9.17, 15) is 8.42 Å². The summed E-state index contributed by atoms with van der Waals surface area (Å²) >= 11 is 0. The monoisotopic (exact) mass is 196 g/mol. The van der Waals surface area contributed by atoms with Crippen LogP contribution in [0.2, 0.25) is 0 Å². The van der Waals surface area contributed by atoms with Crippen molar-refractivity contribution in [2.24, 2.45) is 0 Å². The molecule has 0 N–H and O–H groups in total. The van der Waals surface area contributed by atoms with Gasteiger partial charge < -0.3 is 0 Å². The molecule has 0 unspecified atom stereocenters. The third-order valence-electron chi connectivity index (χ3n) is 1.62. The predicted octanol–water partition coefficient (Wildman–Crippen LogP) is 1.87. The molecule has 0 heterocycles. The van der Waals surface area contributed by atoms with Crippen LogP contribution in [-0.2, 0) is 15.6 Å². The fraction of sp³-hybridized carbons (Fsp3) is 0.200. The van der Waals surface area contributed by atoms with Crippen LogP contribution < -0.4 is 0 Å². The Morgan fingerprint density at radius 1 is 1.46 bits per heavy atom. The summed E-state index contributed by atoms with van der Waals surface area (Å²) in [5.41, 5.74) is 1.75. The SMILES string of the molecule is C=Cc1cccc(CS(C)(=O)=O)c1. The van der Waals surface area contributed by atoms with Crippen LogP contribution in [0.1, 0.15) is 11.1 Å². The molecule has 0 amide bonds. The van der Waals surface area contributed by atoms with E-state index in [4.69, 9.17) is 0 Å². The number of benzene rings is 1. The molecule has 0 aliphatic carbocycles. The Labute approximate surface area is 78.8 Å². The largest absolute Gasteiger partial charge is 0.229 e. The van der Waals surface area contributed by atoms with Gasteiger partial charge in [-0.05, 0) is 11.1 Å². The summed E-state index contributed by atoms with van der Waals surface area (Å²) in [4.78, 5) is 0. The van der Waals surface area contributed by atoms with Crippen LogP contribution in [0.4, 0.5) is 0 Å². The molecule has 0 aliphatic rings. The van der Waals surface area contributed by atoms with Gasteiger partial charge in [-0.1, -0.05) is 36.9 Å². The molecule has 1 aromatic rings. The second-order valence-corrected chi connectivity index (χ2v) is 5.16. The highest BCUT2D eigenvalue weighted by molar-refractivity contribution is 7.89. The molecule has 0 spiro atoms. The van der Waals surface area contributed by atoms with Gasteiger partial charge in [0, 0.05) is 6.26 Å². The standard InChI is InChI=1S/C10H12O2S/c1-3-9-5-4-6-10(7-9)8-13(2,11)12/h3-7H,1,8H2,2H3. The number of hydrogen-bond donors (Lipinski definition) is 0. The Morgan fingerprint density at radius 3 is 2.69 bits per heavy atom. The Kier molecular flexibility index (Phi) is 2.88. The molecule has 0 bridgehead atoms. The molecule has 70 valence electrons. The van der Waals surface area contributed by atoms with Gasteiger partial charge in [0.1, 0.15) is 0 Å². The summed E-state index contributed by atoms with van der Waals surface area (Å²) in [6.45, 7) is 3.62. The lowest BCUT2D eigenvalue weighted by Crippen LogP contribution is -2.00. The smallest absolute Gasteiger partial charge is 0.151 e. The van der Waals surface area contributed by atoms with Gasteiger partial charge in [0.2, 0.25) is 0 Å². The zero-order chi connectivity index (χ0) is 9.90. The third kappa shape index (κ3) is 3.42. The maximum absolute atomic E-state index is 11.0. The normalized spacial score (nSPS) is 11.2. The Hall–Kier alpha value is -1.09. The summed E-state index contributed by atoms with van der Waals surface area (Å²) in [6, 6.07) is 7.35. The molecular formula is C10H12O2S. The second kappa shape index (κ2) is 3.75. The van der Waals surface area contributed by atoms with Crippen LogP contribution in [0.15, 0.2) is 30.8 Å². The molecule has 0 saturated heterocycles. The molecule has 3 heteroatoms. The summed E-state index contributed by atoms with van der Waals surface area (Å²) in [6.07, 6.45) is 2.93. The van der Waals surface area contributed by atoms with Crippen molar-refractivity contribution in [3.63, 3.8) is 0 Å². The maximum atomic E-state index is 11.0. The lowest BCUT2D eigenvalue weighted by Gasteiger charge is -2.00. The first-order valence-electron chi connectivity index (χ1n) is 3.90. The minimum atomic E-state index is -2.94. The number of sulfone groups is 1. The van der Waals surface area contributed by atoms with E-state index in [0.29, 0.717) is 0 Å². The van der Waals surface area contributed by atoms with Crippen molar-refractivity contribution in [3.05, 3.63) is 42.0 Å². The molecule has 0 atom stereocenters. The van der Waals surface area contributed by atoms with Crippen molar-refractivity contribution in [2.45, 2.75) is 5.75 Å². The molecular weight excluding hydrogens is 184 g/mol. The van der Waals surface area contributed by atoms with E-state index in [0.717, 1.165) is 11.1 Å². The maximum Gasteiger partial charge on any atom is 0.151 e. The van der Waals surface area contributed by atoms with E-state index >= 15 is 0 Å². The van der Waals surface area contributed by atoms with E-state index in [2.05, 4.69) is 6.58 Å². The number of hydrogen-bond acceptors (Lipinski definition) is 2. The quantitative estimate of drug-likeness (QED) is 0.739. The molecule has 1 aromatic carbocycles. The first kappa shape index (κ1) is 9.99. The molecule has 0 fully saturated rings. The van der Waals surface area contributed by atoms with Crippen molar-refractivity contribution >= 4 is 15.9 Å². The zero-order valence-electron chi connectivity index (χ0n) is 7.53. The average Bonchev–Trinajstić information content (AvgIpc) is 2.01. The highest BCUT2D eigenvalue weighted by Gasteiger charge is 2.03. The highest BCUT2D eigenvalue weighted by Crippen LogP contribution is 2.09. The molecule has 13 heavy (non-hydrogen) atoms. The molecule has 0 radical (unpaired) electrons. The Balaban J connectivity index is 2.96. The fourth-order valence-electron chi connectivity index (χ4n) is 1.11. The van der Waals surface area contributed by atoms with Gasteiger partial charge >= 0.3 is 0 Å². The van der Waals surface area contributed by atoms with Crippen molar-refractivity contribution in [1.29, 1.82) is 0 Å². The minimum Gasteiger partial charge on any atom is -0.229 e. The van der Waals surface area contributed by atoms with Gasteiger partial charge in [-0.3, -0.25) is 0 Å². The van der Waals surface area contributed by atoms with Crippen LogP contribution >= 0.6 is 0 Å². The van der Waals surface area contributed by atoms with E-state index in [1.807, 2.05) is 18.2 Å². The molecule has 0 saturated carbocycles.